The highest BCUT2D eigenvalue weighted by Crippen LogP contribution is 2.42. The molecule has 2 aliphatic rings. The van der Waals surface area contributed by atoms with Gasteiger partial charge in [-0.05, 0) is 26.1 Å². The number of thiophene rings is 1. The van der Waals surface area contributed by atoms with Crippen LogP contribution in [0, 0.1) is 6.92 Å². The summed E-state index contributed by atoms with van der Waals surface area (Å²) in [6.45, 7) is 6.00. The largest absolute Gasteiger partial charge is 1.00 e. The SMILES string of the molecule is Cc1scc2c1N(C(=O)CN1CCN(C)CC1)c1ccccc1NC2=O.[Cl-].[Cl-]. The molecule has 0 unspecified atom stereocenters. The molecule has 0 saturated carbocycles. The normalized spacial score (nSPS) is 16.8. The standard InChI is InChI=1S/C19H22N4O2S.2ClH/c1-13-18-14(12-26-13)19(25)20-15-5-3-4-6-16(15)23(18)17(24)11-22-9-7-21(2)8-10-22;;/h3-6,12H,7-11H2,1-2H3,(H,20,25);2*1H/p-2. The highest BCUT2D eigenvalue weighted by Gasteiger charge is 2.32. The Morgan fingerprint density at radius 2 is 1.82 bits per heavy atom. The zero-order chi connectivity index (χ0) is 18.3. The zero-order valence-corrected chi connectivity index (χ0v) is 18.1. The van der Waals surface area contributed by atoms with Crippen LogP contribution in [-0.2, 0) is 4.79 Å². The van der Waals surface area contributed by atoms with Gasteiger partial charge in [-0.3, -0.25) is 19.4 Å². The minimum Gasteiger partial charge on any atom is -1.00 e. The maximum Gasteiger partial charge on any atom is 0.258 e. The molecule has 3 heterocycles. The van der Waals surface area contributed by atoms with E-state index in [1.807, 2.05) is 36.6 Å². The number of para-hydroxylation sites is 2. The molecule has 4 rings (SSSR count). The van der Waals surface area contributed by atoms with Crippen molar-refractivity contribution in [3.05, 3.63) is 40.1 Å². The average Bonchev–Trinajstić information content (AvgIpc) is 2.94. The number of carbonyl (C=O) groups excluding carboxylic acids is 2. The third-order valence-corrected chi connectivity index (χ3v) is 5.91. The first-order chi connectivity index (χ1) is 12.5. The number of piperazine rings is 1. The Morgan fingerprint density at radius 1 is 1.14 bits per heavy atom. The zero-order valence-electron chi connectivity index (χ0n) is 15.7. The van der Waals surface area contributed by atoms with Crippen LogP contribution < -0.4 is 35.0 Å². The van der Waals surface area contributed by atoms with E-state index in [-0.39, 0.29) is 36.6 Å². The lowest BCUT2D eigenvalue weighted by atomic mass is 10.2. The Hall–Kier alpha value is -1.64. The lowest BCUT2D eigenvalue weighted by molar-refractivity contribution is -0.119. The summed E-state index contributed by atoms with van der Waals surface area (Å²) in [5.74, 6) is -0.159. The Bertz CT molecular complexity index is 865. The third-order valence-electron chi connectivity index (χ3n) is 5.01. The van der Waals surface area contributed by atoms with Crippen LogP contribution in [0.25, 0.3) is 0 Å². The van der Waals surface area contributed by atoms with Crippen LogP contribution in [0.3, 0.4) is 0 Å². The second-order valence-corrected chi connectivity index (χ2v) is 7.92. The number of hydrogen-bond acceptors (Lipinski definition) is 5. The highest BCUT2D eigenvalue weighted by atomic mass is 35.5. The molecule has 9 heteroatoms. The molecule has 1 saturated heterocycles. The van der Waals surface area contributed by atoms with Gasteiger partial charge in [0, 0.05) is 36.4 Å². The first-order valence-electron chi connectivity index (χ1n) is 8.77. The topological polar surface area (TPSA) is 55.9 Å². The molecule has 2 amide bonds. The Kier molecular flexibility index (Phi) is 7.47. The van der Waals surface area contributed by atoms with Crippen molar-refractivity contribution < 1.29 is 34.4 Å². The van der Waals surface area contributed by atoms with E-state index in [0.717, 1.165) is 42.4 Å². The predicted molar refractivity (Wildman–Crippen MR) is 105 cm³/mol. The number of fused-ring (bicyclic) bond motifs is 2. The van der Waals surface area contributed by atoms with Gasteiger partial charge in [0.25, 0.3) is 5.91 Å². The number of rotatable bonds is 2. The number of aryl methyl sites for hydroxylation is 1. The summed E-state index contributed by atoms with van der Waals surface area (Å²) in [4.78, 5) is 33.1. The number of amides is 2. The fourth-order valence-electron chi connectivity index (χ4n) is 3.50. The molecule has 6 nitrogen and oxygen atoms in total. The molecule has 2 aromatic rings. The van der Waals surface area contributed by atoms with Crippen molar-refractivity contribution >= 4 is 40.2 Å². The third kappa shape index (κ3) is 4.18. The van der Waals surface area contributed by atoms with E-state index in [1.54, 1.807) is 4.90 Å². The van der Waals surface area contributed by atoms with Gasteiger partial charge >= 0.3 is 0 Å². The number of nitrogens with one attached hydrogen (secondary N) is 1. The van der Waals surface area contributed by atoms with Gasteiger partial charge in [-0.15, -0.1) is 11.3 Å². The number of halogens is 2. The molecule has 0 aliphatic carbocycles. The second-order valence-electron chi connectivity index (χ2n) is 6.83. The molecule has 1 aromatic heterocycles. The van der Waals surface area contributed by atoms with Gasteiger partial charge in [0.2, 0.25) is 5.91 Å². The fraction of sp³-hybridized carbons (Fsp3) is 0.368. The van der Waals surface area contributed by atoms with E-state index < -0.39 is 0 Å². The van der Waals surface area contributed by atoms with Gasteiger partial charge in [-0.1, -0.05) is 12.1 Å². The van der Waals surface area contributed by atoms with E-state index in [2.05, 4.69) is 22.2 Å². The molecule has 0 bridgehead atoms. The minimum absolute atomic E-state index is 0. The minimum atomic E-state index is -0.160. The van der Waals surface area contributed by atoms with Crippen LogP contribution in [-0.4, -0.2) is 61.4 Å². The molecule has 1 aromatic carbocycles. The van der Waals surface area contributed by atoms with Crippen LogP contribution in [0.2, 0.25) is 0 Å². The molecular formula is C19H22Cl2N4O2S-2. The van der Waals surface area contributed by atoms with Crippen molar-refractivity contribution in [2.45, 2.75) is 6.92 Å². The molecule has 28 heavy (non-hydrogen) atoms. The molecule has 0 spiro atoms. The highest BCUT2D eigenvalue weighted by molar-refractivity contribution is 7.11. The maximum atomic E-state index is 13.3. The van der Waals surface area contributed by atoms with E-state index in [0.29, 0.717) is 17.8 Å². The van der Waals surface area contributed by atoms with Crippen LogP contribution in [0.4, 0.5) is 17.1 Å². The van der Waals surface area contributed by atoms with Crippen LogP contribution in [0.15, 0.2) is 29.6 Å². The van der Waals surface area contributed by atoms with Crippen LogP contribution >= 0.6 is 11.3 Å². The molecule has 1 N–H and O–H groups in total. The van der Waals surface area contributed by atoms with Crippen molar-refractivity contribution in [2.24, 2.45) is 0 Å². The van der Waals surface area contributed by atoms with Crippen molar-refractivity contribution in [1.29, 1.82) is 0 Å². The van der Waals surface area contributed by atoms with Crippen molar-refractivity contribution in [1.82, 2.24) is 9.80 Å². The molecule has 2 aliphatic heterocycles. The first kappa shape index (κ1) is 22.6. The van der Waals surface area contributed by atoms with Crippen molar-refractivity contribution in [3.63, 3.8) is 0 Å². The van der Waals surface area contributed by atoms with Gasteiger partial charge in [-0.2, -0.15) is 0 Å². The van der Waals surface area contributed by atoms with Gasteiger partial charge in [-0.25, -0.2) is 0 Å². The lowest BCUT2D eigenvalue weighted by Gasteiger charge is -2.33. The quantitative estimate of drug-likeness (QED) is 0.527. The van der Waals surface area contributed by atoms with E-state index in [4.69, 9.17) is 0 Å². The van der Waals surface area contributed by atoms with Gasteiger partial charge in [0.05, 0.1) is 29.2 Å². The van der Waals surface area contributed by atoms with Gasteiger partial charge < -0.3 is 35.0 Å². The summed E-state index contributed by atoms with van der Waals surface area (Å²) in [7, 11) is 2.10. The molecule has 0 radical (unpaired) electrons. The van der Waals surface area contributed by atoms with Crippen LogP contribution in [0.1, 0.15) is 15.2 Å². The first-order valence-corrected chi connectivity index (χ1v) is 9.65. The fourth-order valence-corrected chi connectivity index (χ4v) is 4.33. The predicted octanol–water partition coefficient (Wildman–Crippen LogP) is -3.46. The summed E-state index contributed by atoms with van der Waals surface area (Å²) >= 11 is 1.50. The monoisotopic (exact) mass is 440 g/mol. The molecule has 1 fully saturated rings. The number of benzene rings is 1. The molecule has 0 atom stereocenters. The van der Waals surface area contributed by atoms with E-state index >= 15 is 0 Å². The van der Waals surface area contributed by atoms with E-state index in [1.165, 1.54) is 11.3 Å². The lowest BCUT2D eigenvalue weighted by Crippen LogP contribution is -3.00. The molecular weight excluding hydrogens is 419 g/mol. The number of anilines is 3. The van der Waals surface area contributed by atoms with E-state index in [9.17, 15) is 9.59 Å². The van der Waals surface area contributed by atoms with Crippen molar-refractivity contribution in [3.8, 4) is 0 Å². The molecule has 152 valence electrons. The maximum absolute atomic E-state index is 13.3. The smallest absolute Gasteiger partial charge is 0.258 e. The Morgan fingerprint density at radius 3 is 2.54 bits per heavy atom. The summed E-state index contributed by atoms with van der Waals surface area (Å²) in [5.41, 5.74) is 2.69. The number of hydrogen-bond donors (Lipinski definition) is 1. The number of likely N-dealkylation sites (N-methyl/N-ethyl adjacent to an activating group) is 1. The average molecular weight is 441 g/mol. The number of carbonyl (C=O) groups is 2. The second kappa shape index (κ2) is 9.24. The van der Waals surface area contributed by atoms with Crippen molar-refractivity contribution in [2.75, 3.05) is 50.0 Å². The van der Waals surface area contributed by atoms with Gasteiger partial charge in [0.15, 0.2) is 0 Å². The Balaban J connectivity index is 0.00000140. The van der Waals surface area contributed by atoms with Crippen LogP contribution in [0.5, 0.6) is 0 Å². The summed E-state index contributed by atoms with van der Waals surface area (Å²) < 4.78 is 0. The Labute approximate surface area is 181 Å². The number of nitrogens with zero attached hydrogens (tertiary/aromatic N) is 3. The summed E-state index contributed by atoms with van der Waals surface area (Å²) in [5, 5.41) is 4.78. The van der Waals surface area contributed by atoms with Gasteiger partial charge in [0.1, 0.15) is 0 Å². The summed E-state index contributed by atoms with van der Waals surface area (Å²) in [6, 6.07) is 7.50. The summed E-state index contributed by atoms with van der Waals surface area (Å²) in [6.07, 6.45) is 0.